The Labute approximate surface area is 239 Å². The summed E-state index contributed by atoms with van der Waals surface area (Å²) < 4.78 is 23.7. The fraction of sp³-hybridized carbons (Fsp3) is 0.880. The minimum atomic E-state index is -1.46. The number of hydrogen-bond acceptors (Lipinski definition) is 15. The van der Waals surface area contributed by atoms with Crippen molar-refractivity contribution in [2.75, 3.05) is 39.9 Å². The molecule has 2 aliphatic heterocycles. The van der Waals surface area contributed by atoms with E-state index in [2.05, 4.69) is 16.0 Å². The zero-order valence-corrected chi connectivity index (χ0v) is 23.6. The second-order valence-electron chi connectivity index (χ2n) is 11.0. The van der Waals surface area contributed by atoms with Gasteiger partial charge in [-0.3, -0.25) is 4.79 Å². The van der Waals surface area contributed by atoms with Gasteiger partial charge in [-0.2, -0.15) is 0 Å². The summed E-state index contributed by atoms with van der Waals surface area (Å²) in [6.07, 6.45) is -6.40. The van der Waals surface area contributed by atoms with Gasteiger partial charge >= 0.3 is 0 Å². The van der Waals surface area contributed by atoms with Crippen molar-refractivity contribution in [3.63, 3.8) is 0 Å². The third-order valence-corrected chi connectivity index (χ3v) is 7.63. The normalized spacial score (nSPS) is 40.4. The van der Waals surface area contributed by atoms with Crippen LogP contribution in [0.2, 0.25) is 0 Å². The molecule has 0 radical (unpaired) electrons. The molecule has 14 N–H and O–H groups in total. The SMILES string of the molecule is CN[C@H]1[C@H](O)[C@@H](O[C@@H]2[C@@H](O)[C@H](O[C@H]3OC(CNCCO)=CC[C@H]3N)[C@@H](N)C[C@H]2NC(=O)[C@@H](O)CCN)OCC1(C)O. The number of hydrogen-bond donors (Lipinski definition) is 11. The first-order valence-electron chi connectivity index (χ1n) is 14.0. The Morgan fingerprint density at radius 2 is 1.90 bits per heavy atom. The summed E-state index contributed by atoms with van der Waals surface area (Å²) in [6, 6.07) is -3.12. The van der Waals surface area contributed by atoms with E-state index in [9.17, 15) is 25.2 Å². The molecule has 0 spiro atoms. The number of ether oxygens (including phenoxy) is 4. The molecule has 0 aromatic heterocycles. The van der Waals surface area contributed by atoms with E-state index in [1.807, 2.05) is 6.08 Å². The molecule has 1 aliphatic carbocycles. The number of amides is 1. The molecule has 1 amide bonds. The Morgan fingerprint density at radius 1 is 1.20 bits per heavy atom. The molecule has 1 saturated heterocycles. The highest BCUT2D eigenvalue weighted by atomic mass is 16.7. The fourth-order valence-electron chi connectivity index (χ4n) is 5.38. The van der Waals surface area contributed by atoms with Crippen LogP contribution in [-0.4, -0.2) is 144 Å². The number of rotatable bonds is 13. The van der Waals surface area contributed by atoms with E-state index >= 15 is 0 Å². The lowest BCUT2D eigenvalue weighted by atomic mass is 9.83. The van der Waals surface area contributed by atoms with Crippen molar-refractivity contribution in [2.45, 2.75) is 99.1 Å². The van der Waals surface area contributed by atoms with E-state index in [0.29, 0.717) is 25.3 Å². The highest BCUT2D eigenvalue weighted by Gasteiger charge is 2.51. The Kier molecular flexibility index (Phi) is 12.7. The topological polar surface area (TPSA) is 269 Å². The number of nitrogens with one attached hydrogen (secondary N) is 3. The molecule has 0 aromatic rings. The van der Waals surface area contributed by atoms with E-state index in [0.717, 1.165) is 0 Å². The van der Waals surface area contributed by atoms with Gasteiger partial charge in [-0.05, 0) is 45.9 Å². The summed E-state index contributed by atoms with van der Waals surface area (Å²) in [5.74, 6) is -0.170. The van der Waals surface area contributed by atoms with Crippen molar-refractivity contribution in [1.82, 2.24) is 16.0 Å². The Balaban J connectivity index is 1.79. The Bertz CT molecular complexity index is 869. The van der Waals surface area contributed by atoms with Gasteiger partial charge in [0.1, 0.15) is 41.9 Å². The molecule has 238 valence electrons. The van der Waals surface area contributed by atoms with Gasteiger partial charge in [0.15, 0.2) is 6.29 Å². The molecule has 12 atom stereocenters. The van der Waals surface area contributed by atoms with Crippen molar-refractivity contribution >= 4 is 5.91 Å². The summed E-state index contributed by atoms with van der Waals surface area (Å²) in [7, 11) is 1.57. The molecule has 2 fully saturated rings. The Morgan fingerprint density at radius 3 is 2.56 bits per heavy atom. The van der Waals surface area contributed by atoms with Crippen LogP contribution in [-0.2, 0) is 23.7 Å². The van der Waals surface area contributed by atoms with Gasteiger partial charge in [0.2, 0.25) is 12.2 Å². The van der Waals surface area contributed by atoms with Crippen LogP contribution >= 0.6 is 0 Å². The quantitative estimate of drug-likeness (QED) is 0.0891. The van der Waals surface area contributed by atoms with Gasteiger partial charge in [0.25, 0.3) is 0 Å². The van der Waals surface area contributed by atoms with Crippen LogP contribution in [0.25, 0.3) is 0 Å². The number of aliphatic hydroxyl groups is 5. The molecule has 16 heteroatoms. The van der Waals surface area contributed by atoms with Gasteiger partial charge in [-0.25, -0.2) is 0 Å². The lowest BCUT2D eigenvalue weighted by Crippen LogP contribution is -2.69. The van der Waals surface area contributed by atoms with Crippen LogP contribution in [0.15, 0.2) is 11.8 Å². The maximum Gasteiger partial charge on any atom is 0.249 e. The van der Waals surface area contributed by atoms with E-state index < -0.39 is 78.8 Å². The van der Waals surface area contributed by atoms with Crippen molar-refractivity contribution in [2.24, 2.45) is 17.2 Å². The maximum absolute atomic E-state index is 12.7. The van der Waals surface area contributed by atoms with Gasteiger partial charge in [0, 0.05) is 12.6 Å². The van der Waals surface area contributed by atoms with Crippen LogP contribution in [0.4, 0.5) is 0 Å². The highest BCUT2D eigenvalue weighted by molar-refractivity contribution is 5.80. The molecule has 3 aliphatic rings. The standard InChI is InChI=1S/C25H48N6O10/c1-25(37)11-38-24(18(35)21(25)29-2)41-20-15(31-22(36)16(33)5-6-26)9-14(28)19(17(20)34)40-23-13(27)4-3-12(39-23)10-30-7-8-32/h3,13-21,23-24,29-30,32-35,37H,4-11,26-28H2,1-2H3,(H,31,36)/t13-,14+,15-,16+,17+,18+,19-,20+,21+,23-,24-,25?/m1/s1. The van der Waals surface area contributed by atoms with Crippen LogP contribution in [0, 0.1) is 0 Å². The molecular formula is C25H48N6O10. The van der Waals surface area contributed by atoms with Gasteiger partial charge in [-0.1, -0.05) is 0 Å². The zero-order chi connectivity index (χ0) is 30.3. The lowest BCUT2D eigenvalue weighted by molar-refractivity contribution is -0.304. The van der Waals surface area contributed by atoms with Crippen molar-refractivity contribution in [3.05, 3.63) is 11.8 Å². The molecule has 41 heavy (non-hydrogen) atoms. The second-order valence-corrected chi connectivity index (χ2v) is 11.0. The average molecular weight is 593 g/mol. The van der Waals surface area contributed by atoms with E-state index in [1.54, 1.807) is 7.05 Å². The number of likely N-dealkylation sites (N-methyl/N-ethyl adjacent to an activating group) is 1. The third kappa shape index (κ3) is 8.54. The predicted octanol–water partition coefficient (Wildman–Crippen LogP) is -5.36. The first kappa shape index (κ1) is 34.0. The molecule has 1 unspecified atom stereocenters. The number of aliphatic hydroxyl groups excluding tert-OH is 4. The molecule has 3 rings (SSSR count). The van der Waals surface area contributed by atoms with E-state index in [1.165, 1.54) is 6.92 Å². The monoisotopic (exact) mass is 592 g/mol. The summed E-state index contributed by atoms with van der Waals surface area (Å²) >= 11 is 0. The van der Waals surface area contributed by atoms with E-state index in [-0.39, 0.29) is 32.6 Å². The zero-order valence-electron chi connectivity index (χ0n) is 23.6. The number of nitrogens with two attached hydrogens (primary N) is 3. The third-order valence-electron chi connectivity index (χ3n) is 7.63. The first-order chi connectivity index (χ1) is 19.4. The fourth-order valence-corrected chi connectivity index (χ4v) is 5.38. The first-order valence-corrected chi connectivity index (χ1v) is 14.0. The van der Waals surface area contributed by atoms with Gasteiger partial charge in [-0.15, -0.1) is 0 Å². The number of carbonyl (C=O) groups excluding carboxylic acids is 1. The van der Waals surface area contributed by atoms with Gasteiger partial charge in [0.05, 0.1) is 37.9 Å². The molecule has 16 nitrogen and oxygen atoms in total. The predicted molar refractivity (Wildman–Crippen MR) is 145 cm³/mol. The van der Waals surface area contributed by atoms with Crippen LogP contribution in [0.1, 0.15) is 26.2 Å². The summed E-state index contributed by atoms with van der Waals surface area (Å²) in [5.41, 5.74) is 16.7. The minimum absolute atomic E-state index is 0.0216. The highest BCUT2D eigenvalue weighted by Crippen LogP contribution is 2.32. The minimum Gasteiger partial charge on any atom is -0.467 e. The lowest BCUT2D eigenvalue weighted by Gasteiger charge is -2.48. The average Bonchev–Trinajstić information content (AvgIpc) is 2.91. The maximum atomic E-state index is 12.7. The second kappa shape index (κ2) is 15.3. The molecule has 2 heterocycles. The van der Waals surface area contributed by atoms with Crippen molar-refractivity contribution < 1.29 is 49.3 Å². The van der Waals surface area contributed by atoms with E-state index in [4.69, 9.17) is 41.3 Å². The summed E-state index contributed by atoms with van der Waals surface area (Å²) in [6.45, 7) is 2.07. The number of carbonyl (C=O) groups is 1. The largest absolute Gasteiger partial charge is 0.467 e. The molecule has 0 aromatic carbocycles. The summed E-state index contributed by atoms with van der Waals surface area (Å²) in [4.78, 5) is 12.7. The molecule has 0 bridgehead atoms. The van der Waals surface area contributed by atoms with Gasteiger partial charge < -0.3 is 77.6 Å². The smallest absolute Gasteiger partial charge is 0.249 e. The Hall–Kier alpha value is -1.51. The van der Waals surface area contributed by atoms with Crippen LogP contribution in [0.3, 0.4) is 0 Å². The molecular weight excluding hydrogens is 544 g/mol. The van der Waals surface area contributed by atoms with Crippen molar-refractivity contribution in [3.8, 4) is 0 Å². The van der Waals surface area contributed by atoms with Crippen molar-refractivity contribution in [1.29, 1.82) is 0 Å². The van der Waals surface area contributed by atoms with Crippen LogP contribution < -0.4 is 33.2 Å². The summed E-state index contributed by atoms with van der Waals surface area (Å²) in [5, 5.41) is 60.7. The molecule has 1 saturated carbocycles. The van der Waals surface area contributed by atoms with Crippen LogP contribution in [0.5, 0.6) is 0 Å².